The molecule has 0 aliphatic carbocycles. The van der Waals surface area contributed by atoms with Gasteiger partial charge >= 0.3 is 0 Å². The fourth-order valence-electron chi connectivity index (χ4n) is 1.47. The van der Waals surface area contributed by atoms with E-state index in [0.29, 0.717) is 0 Å². The van der Waals surface area contributed by atoms with E-state index in [0.717, 1.165) is 36.3 Å². The van der Waals surface area contributed by atoms with Crippen molar-refractivity contribution < 1.29 is 9.84 Å². The van der Waals surface area contributed by atoms with Crippen LogP contribution in [-0.4, -0.2) is 37.7 Å². The van der Waals surface area contributed by atoms with Gasteiger partial charge in [0.1, 0.15) is 0 Å². The van der Waals surface area contributed by atoms with E-state index in [1.54, 1.807) is 18.9 Å². The van der Waals surface area contributed by atoms with E-state index < -0.39 is 0 Å². The van der Waals surface area contributed by atoms with Crippen LogP contribution < -0.4 is 5.32 Å². The highest BCUT2D eigenvalue weighted by atomic mass is 79.9. The summed E-state index contributed by atoms with van der Waals surface area (Å²) in [5, 5.41) is 12.2. The molecule has 0 aliphatic heterocycles. The third-order valence-electron chi connectivity index (χ3n) is 2.38. The molecular formula is C13H20BrNO2S. The van der Waals surface area contributed by atoms with Crippen LogP contribution in [0.3, 0.4) is 0 Å². The van der Waals surface area contributed by atoms with Crippen LogP contribution in [0.2, 0.25) is 0 Å². The van der Waals surface area contributed by atoms with Crippen LogP contribution in [0, 0.1) is 0 Å². The van der Waals surface area contributed by atoms with Crippen LogP contribution >= 0.6 is 27.7 Å². The zero-order valence-corrected chi connectivity index (χ0v) is 13.0. The van der Waals surface area contributed by atoms with Crippen molar-refractivity contribution in [2.75, 3.05) is 32.6 Å². The Kier molecular flexibility index (Phi) is 8.71. The Morgan fingerprint density at radius 1 is 1.44 bits per heavy atom. The van der Waals surface area contributed by atoms with Crippen LogP contribution in [-0.2, 0) is 11.3 Å². The molecule has 0 bridgehead atoms. The number of ether oxygens (including phenoxy) is 1. The number of methoxy groups -OCH3 is 1. The third kappa shape index (κ3) is 6.20. The van der Waals surface area contributed by atoms with Crippen molar-refractivity contribution in [2.24, 2.45) is 0 Å². The van der Waals surface area contributed by atoms with Crippen molar-refractivity contribution in [1.29, 1.82) is 0 Å². The summed E-state index contributed by atoms with van der Waals surface area (Å²) in [6.45, 7) is 2.67. The number of benzene rings is 1. The maximum atomic E-state index is 8.81. The molecule has 1 aromatic rings. The predicted octanol–water partition coefficient (Wildman–Crippen LogP) is 2.66. The van der Waals surface area contributed by atoms with Crippen molar-refractivity contribution >= 4 is 27.7 Å². The quantitative estimate of drug-likeness (QED) is 0.538. The molecule has 0 heterocycles. The van der Waals surface area contributed by atoms with E-state index in [2.05, 4.69) is 39.4 Å². The van der Waals surface area contributed by atoms with E-state index in [4.69, 9.17) is 9.84 Å². The van der Waals surface area contributed by atoms with Gasteiger partial charge in [0, 0.05) is 41.9 Å². The largest absolute Gasteiger partial charge is 0.396 e. The second kappa shape index (κ2) is 9.81. The summed E-state index contributed by atoms with van der Waals surface area (Å²) in [4.78, 5) is 1.27. The summed E-state index contributed by atoms with van der Waals surface area (Å²) in [7, 11) is 1.71. The molecule has 0 aliphatic rings. The molecule has 2 N–H and O–H groups in total. The van der Waals surface area contributed by atoms with Crippen molar-refractivity contribution in [2.45, 2.75) is 17.9 Å². The second-order valence-corrected chi connectivity index (χ2v) is 5.90. The number of thioether (sulfide) groups is 1. The molecule has 0 aromatic heterocycles. The maximum Gasteiger partial charge on any atom is 0.0587 e. The van der Waals surface area contributed by atoms with Gasteiger partial charge in [-0.2, -0.15) is 0 Å². The lowest BCUT2D eigenvalue weighted by Crippen LogP contribution is -2.18. The Bertz CT molecular complexity index is 350. The highest BCUT2D eigenvalue weighted by Gasteiger charge is 2.04. The maximum absolute atomic E-state index is 8.81. The van der Waals surface area contributed by atoms with Crippen LogP contribution in [0.15, 0.2) is 27.6 Å². The fourth-order valence-corrected chi connectivity index (χ4v) is 2.85. The Hall–Kier alpha value is -0.0700. The molecule has 0 unspecified atom stereocenters. The molecule has 1 rings (SSSR count). The van der Waals surface area contributed by atoms with E-state index in [-0.39, 0.29) is 6.61 Å². The molecule has 0 saturated carbocycles. The molecule has 102 valence electrons. The summed E-state index contributed by atoms with van der Waals surface area (Å²) in [5.74, 6) is 0.948. The van der Waals surface area contributed by atoms with Gasteiger partial charge in [-0.1, -0.05) is 15.9 Å². The first-order chi connectivity index (χ1) is 8.77. The van der Waals surface area contributed by atoms with Gasteiger partial charge in [0.2, 0.25) is 0 Å². The Labute approximate surface area is 121 Å². The SMILES string of the molecule is COCCNCc1cc(Br)ccc1SCCCO. The topological polar surface area (TPSA) is 41.5 Å². The van der Waals surface area contributed by atoms with Gasteiger partial charge in [-0.3, -0.25) is 0 Å². The Morgan fingerprint density at radius 2 is 2.28 bits per heavy atom. The van der Waals surface area contributed by atoms with Crippen molar-refractivity contribution in [3.63, 3.8) is 0 Å². The van der Waals surface area contributed by atoms with Crippen molar-refractivity contribution in [1.82, 2.24) is 5.32 Å². The first-order valence-corrected chi connectivity index (χ1v) is 7.77. The molecule has 1 aromatic carbocycles. The number of nitrogens with one attached hydrogen (secondary N) is 1. The van der Waals surface area contributed by atoms with Gasteiger partial charge in [-0.25, -0.2) is 0 Å². The highest BCUT2D eigenvalue weighted by molar-refractivity contribution is 9.10. The van der Waals surface area contributed by atoms with E-state index in [1.807, 2.05) is 0 Å². The predicted molar refractivity (Wildman–Crippen MR) is 80.2 cm³/mol. The van der Waals surface area contributed by atoms with E-state index in [1.165, 1.54) is 10.5 Å². The normalized spacial score (nSPS) is 10.8. The van der Waals surface area contributed by atoms with Crippen LogP contribution in [0.5, 0.6) is 0 Å². The lowest BCUT2D eigenvalue weighted by atomic mass is 10.2. The molecule has 0 spiro atoms. The van der Waals surface area contributed by atoms with Gasteiger partial charge < -0.3 is 15.2 Å². The zero-order chi connectivity index (χ0) is 13.2. The molecule has 0 amide bonds. The molecule has 18 heavy (non-hydrogen) atoms. The molecule has 3 nitrogen and oxygen atoms in total. The minimum atomic E-state index is 0.255. The molecule has 0 saturated heterocycles. The Morgan fingerprint density at radius 3 is 3.00 bits per heavy atom. The minimum Gasteiger partial charge on any atom is -0.396 e. The lowest BCUT2D eigenvalue weighted by Gasteiger charge is -2.10. The molecule has 0 atom stereocenters. The fraction of sp³-hybridized carbons (Fsp3) is 0.538. The molecule has 0 radical (unpaired) electrons. The van der Waals surface area contributed by atoms with Crippen LogP contribution in [0.1, 0.15) is 12.0 Å². The van der Waals surface area contributed by atoms with Gasteiger partial charge in [-0.05, 0) is 30.2 Å². The molecular weight excluding hydrogens is 314 g/mol. The monoisotopic (exact) mass is 333 g/mol. The van der Waals surface area contributed by atoms with Crippen LogP contribution in [0.25, 0.3) is 0 Å². The van der Waals surface area contributed by atoms with E-state index >= 15 is 0 Å². The molecule has 0 fully saturated rings. The van der Waals surface area contributed by atoms with E-state index in [9.17, 15) is 0 Å². The first-order valence-electron chi connectivity index (χ1n) is 5.99. The second-order valence-electron chi connectivity index (χ2n) is 3.85. The summed E-state index contributed by atoms with van der Waals surface area (Å²) in [5.41, 5.74) is 1.28. The van der Waals surface area contributed by atoms with Crippen molar-refractivity contribution in [3.8, 4) is 0 Å². The lowest BCUT2D eigenvalue weighted by molar-refractivity contribution is 0.199. The third-order valence-corrected chi connectivity index (χ3v) is 4.08. The van der Waals surface area contributed by atoms with Crippen molar-refractivity contribution in [3.05, 3.63) is 28.2 Å². The first kappa shape index (κ1) is 16.0. The van der Waals surface area contributed by atoms with Gasteiger partial charge in [-0.15, -0.1) is 11.8 Å². The molecule has 5 heteroatoms. The standard InChI is InChI=1S/C13H20BrNO2S/c1-17-7-5-15-10-11-9-12(14)3-4-13(11)18-8-2-6-16/h3-4,9,15-16H,2,5-8,10H2,1H3. The highest BCUT2D eigenvalue weighted by Crippen LogP contribution is 2.26. The summed E-state index contributed by atoms with van der Waals surface area (Å²) in [6, 6.07) is 6.32. The van der Waals surface area contributed by atoms with Crippen LogP contribution in [0.4, 0.5) is 0 Å². The smallest absolute Gasteiger partial charge is 0.0587 e. The van der Waals surface area contributed by atoms with Gasteiger partial charge in [0.25, 0.3) is 0 Å². The summed E-state index contributed by atoms with van der Waals surface area (Å²) >= 11 is 5.29. The average Bonchev–Trinajstić information content (AvgIpc) is 2.37. The number of halogens is 1. The number of rotatable bonds is 9. The van der Waals surface area contributed by atoms with Gasteiger partial charge in [0.15, 0.2) is 0 Å². The number of aliphatic hydroxyl groups is 1. The van der Waals surface area contributed by atoms with Gasteiger partial charge in [0.05, 0.1) is 6.61 Å². The minimum absolute atomic E-state index is 0.255. The number of hydrogen-bond acceptors (Lipinski definition) is 4. The summed E-state index contributed by atoms with van der Waals surface area (Å²) < 4.78 is 6.10. The zero-order valence-electron chi connectivity index (χ0n) is 10.6. The number of aliphatic hydroxyl groups excluding tert-OH is 1. The Balaban J connectivity index is 2.53. The summed E-state index contributed by atoms with van der Waals surface area (Å²) in [6.07, 6.45) is 0.831. The number of hydrogen-bond donors (Lipinski definition) is 2. The average molecular weight is 334 g/mol.